The van der Waals surface area contributed by atoms with Crippen LogP contribution in [0.5, 0.6) is 0 Å². The predicted octanol–water partition coefficient (Wildman–Crippen LogP) is 2.53. The molecule has 1 amide bonds. The van der Waals surface area contributed by atoms with Crippen molar-refractivity contribution < 1.29 is 18.0 Å². The van der Waals surface area contributed by atoms with E-state index in [1.807, 2.05) is 0 Å². The average Bonchev–Trinajstić information content (AvgIpc) is 3.11. The fraction of sp³-hybridized carbons (Fsp3) is 0.438. The predicted molar refractivity (Wildman–Crippen MR) is 91.6 cm³/mol. The second-order valence-corrected chi connectivity index (χ2v) is 5.99. The van der Waals surface area contributed by atoms with Gasteiger partial charge in [0.2, 0.25) is 0 Å². The van der Waals surface area contributed by atoms with Gasteiger partial charge in [-0.1, -0.05) is 11.3 Å². The summed E-state index contributed by atoms with van der Waals surface area (Å²) in [6, 6.07) is 4.85. The van der Waals surface area contributed by atoms with E-state index >= 15 is 0 Å². The van der Waals surface area contributed by atoms with Crippen molar-refractivity contribution in [1.29, 1.82) is 0 Å². The van der Waals surface area contributed by atoms with Gasteiger partial charge in [-0.05, 0) is 44.1 Å². The number of carbonyl (C=O) groups is 1. The molecule has 3 rings (SSSR count). The number of rotatable bonds is 3. The molecule has 1 aromatic carbocycles. The monoisotopic (exact) mass is 389 g/mol. The quantitative estimate of drug-likeness (QED) is 0.876. The molecule has 2 heterocycles. The van der Waals surface area contributed by atoms with Gasteiger partial charge in [0.1, 0.15) is 0 Å². The van der Waals surface area contributed by atoms with Gasteiger partial charge in [-0.2, -0.15) is 13.2 Å². The van der Waals surface area contributed by atoms with E-state index in [1.165, 1.54) is 23.0 Å². The number of hydrogen-bond donors (Lipinski definition) is 1. The molecule has 0 spiro atoms. The van der Waals surface area contributed by atoms with Crippen molar-refractivity contribution in [2.75, 3.05) is 20.1 Å². The van der Waals surface area contributed by atoms with Gasteiger partial charge in [0.05, 0.1) is 17.4 Å². The number of hydrogen-bond acceptors (Lipinski definition) is 4. The standard InChI is InChI=1S/C16H18F3N5O.ClH/c1-23(12-5-7-20-8-6-12)15(25)14-10-24(22-21-14)13-4-2-3-11(9-13)16(17,18)19;/h2-4,9-10,12,20H,5-8H2,1H3;1H. The highest BCUT2D eigenvalue weighted by Crippen LogP contribution is 2.30. The van der Waals surface area contributed by atoms with Crippen LogP contribution in [0.1, 0.15) is 28.9 Å². The van der Waals surface area contributed by atoms with E-state index in [-0.39, 0.29) is 35.7 Å². The first kappa shape index (κ1) is 20.2. The summed E-state index contributed by atoms with van der Waals surface area (Å²) >= 11 is 0. The van der Waals surface area contributed by atoms with E-state index in [0.29, 0.717) is 0 Å². The summed E-state index contributed by atoms with van der Waals surface area (Å²) < 4.78 is 39.6. The number of amides is 1. The molecule has 0 radical (unpaired) electrons. The molecule has 1 fully saturated rings. The van der Waals surface area contributed by atoms with Crippen molar-refractivity contribution in [2.24, 2.45) is 0 Å². The fourth-order valence-electron chi connectivity index (χ4n) is 2.85. The molecule has 0 unspecified atom stereocenters. The minimum atomic E-state index is -4.44. The van der Waals surface area contributed by atoms with Gasteiger partial charge in [0, 0.05) is 13.1 Å². The Morgan fingerprint density at radius 1 is 1.31 bits per heavy atom. The first-order chi connectivity index (χ1) is 11.9. The Balaban J connectivity index is 0.00000243. The zero-order valence-electron chi connectivity index (χ0n) is 14.0. The Morgan fingerprint density at radius 2 is 2.00 bits per heavy atom. The summed E-state index contributed by atoms with van der Waals surface area (Å²) in [5.74, 6) is -0.287. The van der Waals surface area contributed by atoms with Gasteiger partial charge in [0.15, 0.2) is 5.69 Å². The lowest BCUT2D eigenvalue weighted by Crippen LogP contribution is -2.44. The Labute approximate surface area is 154 Å². The molecule has 1 saturated heterocycles. The molecule has 0 bridgehead atoms. The van der Waals surface area contributed by atoms with E-state index < -0.39 is 11.7 Å². The Kier molecular flexibility index (Phi) is 6.25. The maximum Gasteiger partial charge on any atom is 0.416 e. The van der Waals surface area contributed by atoms with Gasteiger partial charge in [-0.3, -0.25) is 4.79 Å². The topological polar surface area (TPSA) is 63.1 Å². The number of piperidine rings is 1. The number of nitrogens with zero attached hydrogens (tertiary/aromatic N) is 4. The molecule has 2 aromatic rings. The largest absolute Gasteiger partial charge is 0.416 e. The van der Waals surface area contributed by atoms with E-state index in [0.717, 1.165) is 38.1 Å². The Bertz CT molecular complexity index is 758. The van der Waals surface area contributed by atoms with E-state index in [2.05, 4.69) is 15.6 Å². The molecule has 1 aliphatic rings. The van der Waals surface area contributed by atoms with Crippen LogP contribution in [0.4, 0.5) is 13.2 Å². The van der Waals surface area contributed by atoms with Crippen molar-refractivity contribution in [2.45, 2.75) is 25.1 Å². The van der Waals surface area contributed by atoms with Crippen molar-refractivity contribution in [3.8, 4) is 5.69 Å². The molecule has 26 heavy (non-hydrogen) atoms. The van der Waals surface area contributed by atoms with Crippen LogP contribution in [0, 0.1) is 0 Å². The minimum absolute atomic E-state index is 0. The number of aromatic nitrogens is 3. The summed E-state index contributed by atoms with van der Waals surface area (Å²) in [6.07, 6.45) is -1.38. The summed E-state index contributed by atoms with van der Waals surface area (Å²) in [5, 5.41) is 10.9. The van der Waals surface area contributed by atoms with Gasteiger partial charge in [-0.25, -0.2) is 4.68 Å². The molecule has 10 heteroatoms. The molecule has 1 N–H and O–H groups in total. The van der Waals surface area contributed by atoms with E-state index in [1.54, 1.807) is 11.9 Å². The highest BCUT2D eigenvalue weighted by atomic mass is 35.5. The van der Waals surface area contributed by atoms with Crippen LogP contribution >= 0.6 is 12.4 Å². The van der Waals surface area contributed by atoms with Crippen molar-refractivity contribution >= 4 is 18.3 Å². The Hall–Kier alpha value is -2.13. The van der Waals surface area contributed by atoms with Crippen LogP contribution in [-0.4, -0.2) is 52.0 Å². The third-order valence-electron chi connectivity index (χ3n) is 4.33. The van der Waals surface area contributed by atoms with E-state index in [9.17, 15) is 18.0 Å². The molecule has 0 atom stereocenters. The lowest BCUT2D eigenvalue weighted by atomic mass is 10.1. The first-order valence-electron chi connectivity index (χ1n) is 7.94. The van der Waals surface area contributed by atoms with Crippen LogP contribution in [-0.2, 0) is 6.18 Å². The number of carbonyl (C=O) groups excluding carboxylic acids is 1. The van der Waals surface area contributed by atoms with E-state index in [4.69, 9.17) is 0 Å². The highest BCUT2D eigenvalue weighted by Gasteiger charge is 2.31. The second-order valence-electron chi connectivity index (χ2n) is 5.99. The molecule has 6 nitrogen and oxygen atoms in total. The summed E-state index contributed by atoms with van der Waals surface area (Å²) in [5.41, 5.74) is -0.468. The zero-order valence-corrected chi connectivity index (χ0v) is 14.8. The van der Waals surface area contributed by atoms with Crippen molar-refractivity contribution in [3.63, 3.8) is 0 Å². The Morgan fingerprint density at radius 3 is 2.65 bits per heavy atom. The third-order valence-corrected chi connectivity index (χ3v) is 4.33. The number of alkyl halides is 3. The molecule has 0 aliphatic carbocycles. The van der Waals surface area contributed by atoms with Gasteiger partial charge < -0.3 is 10.2 Å². The SMILES string of the molecule is CN(C(=O)c1cn(-c2cccc(C(F)(F)F)c2)nn1)C1CCNCC1.Cl. The summed E-state index contributed by atoms with van der Waals surface area (Å²) in [4.78, 5) is 14.2. The lowest BCUT2D eigenvalue weighted by Gasteiger charge is -2.31. The number of benzene rings is 1. The molecule has 1 aromatic heterocycles. The maximum atomic E-state index is 12.8. The van der Waals surface area contributed by atoms with Gasteiger partial charge in [0.25, 0.3) is 5.91 Å². The number of halogens is 4. The smallest absolute Gasteiger partial charge is 0.337 e. The molecular weight excluding hydrogens is 371 g/mol. The highest BCUT2D eigenvalue weighted by molar-refractivity contribution is 5.92. The first-order valence-corrected chi connectivity index (χ1v) is 7.94. The van der Waals surface area contributed by atoms with Gasteiger partial charge in [-0.15, -0.1) is 17.5 Å². The maximum absolute atomic E-state index is 12.8. The van der Waals surface area contributed by atoms with Crippen LogP contribution in [0.3, 0.4) is 0 Å². The molecule has 1 aliphatic heterocycles. The zero-order chi connectivity index (χ0) is 18.0. The minimum Gasteiger partial charge on any atom is -0.337 e. The summed E-state index contributed by atoms with van der Waals surface area (Å²) in [7, 11) is 1.71. The van der Waals surface area contributed by atoms with Crippen LogP contribution in [0.15, 0.2) is 30.5 Å². The second kappa shape index (κ2) is 8.05. The normalized spacial score (nSPS) is 15.4. The molecular formula is C16H19ClF3N5O. The van der Waals surface area contributed by atoms with Crippen LogP contribution in [0.2, 0.25) is 0 Å². The van der Waals surface area contributed by atoms with Crippen LogP contribution in [0.25, 0.3) is 5.69 Å². The van der Waals surface area contributed by atoms with Gasteiger partial charge >= 0.3 is 6.18 Å². The van der Waals surface area contributed by atoms with Crippen LogP contribution < -0.4 is 5.32 Å². The van der Waals surface area contributed by atoms with Crippen molar-refractivity contribution in [1.82, 2.24) is 25.2 Å². The molecule has 142 valence electrons. The lowest BCUT2D eigenvalue weighted by molar-refractivity contribution is -0.137. The summed E-state index contributed by atoms with van der Waals surface area (Å²) in [6.45, 7) is 1.69. The third kappa shape index (κ3) is 4.34. The molecule has 0 saturated carbocycles. The fourth-order valence-corrected chi connectivity index (χ4v) is 2.85. The average molecular weight is 390 g/mol. The number of nitrogens with one attached hydrogen (secondary N) is 1. The van der Waals surface area contributed by atoms with Crippen molar-refractivity contribution in [3.05, 3.63) is 41.7 Å².